The van der Waals surface area contributed by atoms with Gasteiger partial charge in [0.1, 0.15) is 0 Å². The molecule has 0 unspecified atom stereocenters. The SMILES string of the molecule is CCCCCCCCCCCCCCCCO.CCCCCCCCCCCCOS(=O)(=O)[O-].[Na+]. The largest absolute Gasteiger partial charge is 1.00 e. The van der Waals surface area contributed by atoms with Crippen molar-refractivity contribution in [2.24, 2.45) is 0 Å². The van der Waals surface area contributed by atoms with Crippen molar-refractivity contribution in [1.82, 2.24) is 0 Å². The van der Waals surface area contributed by atoms with E-state index in [0.29, 0.717) is 13.0 Å². The van der Waals surface area contributed by atoms with Gasteiger partial charge in [-0.15, -0.1) is 0 Å². The van der Waals surface area contributed by atoms with Gasteiger partial charge in [0.15, 0.2) is 0 Å². The Morgan fingerprint density at radius 2 is 0.771 bits per heavy atom. The first-order chi connectivity index (χ1) is 16.5. The Balaban J connectivity index is -0.000000569. The Labute approximate surface area is 242 Å². The molecule has 1 N–H and O–H groups in total. The number of hydrogen-bond acceptors (Lipinski definition) is 5. The standard InChI is InChI=1S/C16H34O.C12H26O4S.Na/c1-2-3-4-5-6-7-8-9-10-11-12-13-14-15-16-17;1-2-3-4-5-6-7-8-9-10-11-12-16-17(13,14)15;/h17H,2-16H2,1H3;2-12H2,1H3,(H,13,14,15);/q;;+1/p-1. The zero-order chi connectivity index (χ0) is 25.6. The number of hydrogen-bond donors (Lipinski definition) is 1. The van der Waals surface area contributed by atoms with Crippen LogP contribution in [0.1, 0.15) is 168 Å². The molecule has 0 spiro atoms. The summed E-state index contributed by atoms with van der Waals surface area (Å²) in [4.78, 5) is 0. The Kier molecular flexibility index (Phi) is 40.1. The van der Waals surface area contributed by atoms with E-state index in [0.717, 1.165) is 19.3 Å². The van der Waals surface area contributed by atoms with Crippen molar-refractivity contribution in [2.45, 2.75) is 168 Å². The Morgan fingerprint density at radius 3 is 1.03 bits per heavy atom. The second kappa shape index (κ2) is 34.8. The second-order valence-electron chi connectivity index (χ2n) is 9.73. The second-order valence-corrected chi connectivity index (χ2v) is 10.8. The maximum Gasteiger partial charge on any atom is 1.00 e. The summed E-state index contributed by atoms with van der Waals surface area (Å²) in [5.41, 5.74) is 0. The first kappa shape index (κ1) is 40.3. The molecule has 0 heterocycles. The zero-order valence-electron chi connectivity index (χ0n) is 23.9. The fourth-order valence-electron chi connectivity index (χ4n) is 4.06. The molecular formula is C28H59NaO5S. The summed E-state index contributed by atoms with van der Waals surface area (Å²) >= 11 is 0. The third kappa shape index (κ3) is 45.2. The molecule has 5 nitrogen and oxygen atoms in total. The molecule has 0 saturated heterocycles. The summed E-state index contributed by atoms with van der Waals surface area (Å²) in [6.07, 6.45) is 30.9. The van der Waals surface area contributed by atoms with Gasteiger partial charge in [-0.3, -0.25) is 4.18 Å². The normalized spacial score (nSPS) is 11.1. The molecule has 208 valence electrons. The van der Waals surface area contributed by atoms with Crippen molar-refractivity contribution in [3.05, 3.63) is 0 Å². The molecule has 0 rings (SSSR count). The molecule has 0 aromatic heterocycles. The molecule has 0 aliphatic heterocycles. The van der Waals surface area contributed by atoms with Crippen LogP contribution in [-0.2, 0) is 14.6 Å². The van der Waals surface area contributed by atoms with Crippen LogP contribution < -0.4 is 29.6 Å². The van der Waals surface area contributed by atoms with Gasteiger partial charge in [0.2, 0.25) is 10.4 Å². The molecule has 0 aliphatic carbocycles. The van der Waals surface area contributed by atoms with E-state index in [-0.39, 0.29) is 36.2 Å². The van der Waals surface area contributed by atoms with E-state index in [9.17, 15) is 13.0 Å². The van der Waals surface area contributed by atoms with Gasteiger partial charge in [-0.2, -0.15) is 0 Å². The molecule has 0 aromatic rings. The van der Waals surface area contributed by atoms with Crippen LogP contribution in [0, 0.1) is 0 Å². The molecular weight excluding hydrogens is 471 g/mol. The molecule has 0 fully saturated rings. The first-order valence-corrected chi connectivity index (χ1v) is 16.0. The van der Waals surface area contributed by atoms with Crippen LogP contribution in [0.4, 0.5) is 0 Å². The van der Waals surface area contributed by atoms with Crippen molar-refractivity contribution in [1.29, 1.82) is 0 Å². The maximum atomic E-state index is 10.1. The topological polar surface area (TPSA) is 86.7 Å². The van der Waals surface area contributed by atoms with Crippen LogP contribution in [0.3, 0.4) is 0 Å². The van der Waals surface area contributed by atoms with Crippen molar-refractivity contribution in [3.63, 3.8) is 0 Å². The summed E-state index contributed by atoms with van der Waals surface area (Å²) in [5.74, 6) is 0. The first-order valence-electron chi connectivity index (χ1n) is 14.7. The third-order valence-electron chi connectivity index (χ3n) is 6.24. The summed E-state index contributed by atoms with van der Waals surface area (Å²) in [6.45, 7) is 4.89. The minimum atomic E-state index is -4.48. The van der Waals surface area contributed by atoms with Gasteiger partial charge in [-0.05, 0) is 12.8 Å². The van der Waals surface area contributed by atoms with E-state index in [1.165, 1.54) is 128 Å². The van der Waals surface area contributed by atoms with E-state index in [4.69, 9.17) is 5.11 Å². The molecule has 0 aromatic carbocycles. The predicted molar refractivity (Wildman–Crippen MR) is 145 cm³/mol. The van der Waals surface area contributed by atoms with E-state index in [2.05, 4.69) is 18.0 Å². The van der Waals surface area contributed by atoms with E-state index < -0.39 is 10.4 Å². The van der Waals surface area contributed by atoms with E-state index >= 15 is 0 Å². The average Bonchev–Trinajstić information content (AvgIpc) is 2.80. The molecule has 0 saturated carbocycles. The Bertz CT molecular complexity index is 446. The summed E-state index contributed by atoms with van der Waals surface area (Å²) < 4.78 is 34.5. The van der Waals surface area contributed by atoms with Gasteiger partial charge in [-0.1, -0.05) is 155 Å². The molecule has 35 heavy (non-hydrogen) atoms. The van der Waals surface area contributed by atoms with Gasteiger partial charge < -0.3 is 9.66 Å². The van der Waals surface area contributed by atoms with Crippen LogP contribution in [0.2, 0.25) is 0 Å². The van der Waals surface area contributed by atoms with E-state index in [1.54, 1.807) is 0 Å². The molecule has 7 heteroatoms. The number of rotatable bonds is 26. The number of aliphatic hydroxyl groups is 1. The summed E-state index contributed by atoms with van der Waals surface area (Å²) in [5, 5.41) is 8.64. The monoisotopic (exact) mass is 530 g/mol. The molecule has 0 atom stereocenters. The maximum absolute atomic E-state index is 10.1. The van der Waals surface area contributed by atoms with Crippen molar-refractivity contribution in [3.8, 4) is 0 Å². The third-order valence-corrected chi connectivity index (χ3v) is 6.69. The summed E-state index contributed by atoms with van der Waals surface area (Å²) in [6, 6.07) is 0. The smallest absolute Gasteiger partial charge is 0.726 e. The Morgan fingerprint density at radius 1 is 0.514 bits per heavy atom. The van der Waals surface area contributed by atoms with Gasteiger partial charge in [-0.25, -0.2) is 8.42 Å². The van der Waals surface area contributed by atoms with Gasteiger partial charge in [0, 0.05) is 6.61 Å². The molecule has 0 radical (unpaired) electrons. The minimum absolute atomic E-state index is 0. The minimum Gasteiger partial charge on any atom is -0.726 e. The molecule has 0 aliphatic rings. The van der Waals surface area contributed by atoms with Crippen LogP contribution in [-0.4, -0.2) is 31.3 Å². The van der Waals surface area contributed by atoms with Gasteiger partial charge in [0.25, 0.3) is 0 Å². The van der Waals surface area contributed by atoms with E-state index in [1.807, 2.05) is 0 Å². The Hall–Kier alpha value is 0.830. The van der Waals surface area contributed by atoms with Crippen LogP contribution in [0.15, 0.2) is 0 Å². The van der Waals surface area contributed by atoms with Crippen molar-refractivity contribution in [2.75, 3.05) is 13.2 Å². The number of aliphatic hydroxyl groups excluding tert-OH is 1. The average molecular weight is 531 g/mol. The quantitative estimate of drug-likeness (QED) is 0.0656. The number of unbranched alkanes of at least 4 members (excludes halogenated alkanes) is 22. The van der Waals surface area contributed by atoms with Gasteiger partial charge in [0.05, 0.1) is 6.61 Å². The fraction of sp³-hybridized carbons (Fsp3) is 1.00. The summed E-state index contributed by atoms with van der Waals surface area (Å²) in [7, 11) is -4.48. The molecule has 0 amide bonds. The van der Waals surface area contributed by atoms with Crippen LogP contribution >= 0.6 is 0 Å². The van der Waals surface area contributed by atoms with Gasteiger partial charge >= 0.3 is 29.6 Å². The molecule has 0 bridgehead atoms. The van der Waals surface area contributed by atoms with Crippen LogP contribution in [0.5, 0.6) is 0 Å². The fourth-order valence-corrected chi connectivity index (χ4v) is 4.38. The predicted octanol–water partition coefficient (Wildman–Crippen LogP) is 5.85. The van der Waals surface area contributed by atoms with Crippen LogP contribution in [0.25, 0.3) is 0 Å². The van der Waals surface area contributed by atoms with Crippen molar-refractivity contribution < 1.29 is 51.8 Å². The zero-order valence-corrected chi connectivity index (χ0v) is 26.7. The van der Waals surface area contributed by atoms with Crippen molar-refractivity contribution >= 4 is 10.4 Å².